The maximum atomic E-state index is 13.8. The molecule has 1 amide bonds. The van der Waals surface area contributed by atoms with Gasteiger partial charge >= 0.3 is 12.1 Å². The van der Waals surface area contributed by atoms with Gasteiger partial charge in [0.2, 0.25) is 11.8 Å². The number of carbonyl (C=O) groups excluding carboxylic acids is 2. The van der Waals surface area contributed by atoms with Crippen molar-refractivity contribution in [1.82, 2.24) is 24.0 Å². The van der Waals surface area contributed by atoms with Crippen LogP contribution in [-0.2, 0) is 30.9 Å². The number of anilines is 1. The number of nitrogens with zero attached hydrogens (tertiary/aromatic N) is 5. The third-order valence-electron chi connectivity index (χ3n) is 6.46. The second kappa shape index (κ2) is 11.0. The number of amides is 1. The predicted octanol–water partition coefficient (Wildman–Crippen LogP) is 4.22. The molecule has 0 radical (unpaired) electrons. The molecule has 0 aliphatic carbocycles. The number of rotatable bonds is 6. The Bertz CT molecular complexity index is 1530. The molecule has 14 heteroatoms. The largest absolute Gasteiger partial charge is 0.460 e. The zero-order valence-electron chi connectivity index (χ0n) is 22.5. The minimum absolute atomic E-state index is 0.00305. The number of halogens is 4. The van der Waals surface area contributed by atoms with Gasteiger partial charge in [-0.2, -0.15) is 13.2 Å². The lowest BCUT2D eigenvalue weighted by Crippen LogP contribution is -2.46. The number of alkyl halides is 3. The molecule has 10 nitrogen and oxygen atoms in total. The van der Waals surface area contributed by atoms with Gasteiger partial charge in [0.1, 0.15) is 5.82 Å². The highest BCUT2D eigenvalue weighted by Gasteiger charge is 2.36. The van der Waals surface area contributed by atoms with Crippen LogP contribution in [0.15, 0.2) is 29.2 Å². The summed E-state index contributed by atoms with van der Waals surface area (Å²) in [6, 6.07) is 2.33. The van der Waals surface area contributed by atoms with Gasteiger partial charge < -0.3 is 19.5 Å². The monoisotopic (exact) mass is 580 g/mol. The Morgan fingerprint density at radius 3 is 2.60 bits per heavy atom. The third-order valence-corrected chi connectivity index (χ3v) is 6.79. The van der Waals surface area contributed by atoms with E-state index in [2.05, 4.69) is 15.3 Å². The molecule has 1 aliphatic rings. The summed E-state index contributed by atoms with van der Waals surface area (Å²) >= 11 is 5.72. The number of aromatic nitrogens is 4. The van der Waals surface area contributed by atoms with E-state index in [9.17, 15) is 27.6 Å². The van der Waals surface area contributed by atoms with E-state index >= 15 is 0 Å². The lowest BCUT2D eigenvalue weighted by atomic mass is 9.98. The van der Waals surface area contributed by atoms with Gasteiger partial charge in [-0.15, -0.1) is 0 Å². The van der Waals surface area contributed by atoms with Gasteiger partial charge in [0.25, 0.3) is 11.5 Å². The molecule has 1 N–H and O–H groups in total. The van der Waals surface area contributed by atoms with Crippen molar-refractivity contribution >= 4 is 29.4 Å². The number of fused-ring (bicyclic) bond motifs is 1. The van der Waals surface area contributed by atoms with Gasteiger partial charge in [0.15, 0.2) is 0 Å². The number of ether oxygens (including phenoxy) is 1. The number of nitrogens with one attached hydrogen (secondary N) is 1. The average Bonchev–Trinajstić information content (AvgIpc) is 3.24. The summed E-state index contributed by atoms with van der Waals surface area (Å²) in [4.78, 5) is 49.7. The number of hydrogen-bond acceptors (Lipinski definition) is 7. The quantitative estimate of drug-likeness (QED) is 0.435. The maximum Gasteiger partial charge on any atom is 0.417 e. The standard InChI is InChI=1S/C26H28ClF3N6O4/c1-6-40-24(39)21-31-11-20(34(21)5)36-23(38)16-9-14(4)35(12-19(16)33-25(36)32-13(2)3)22(37)15-7-8-18(27)17(10-15)26(28,29)30/h7-8,10-11,13-14H,6,9,12H2,1-5H3,(H,32,33)/t14-/m1/s1. The summed E-state index contributed by atoms with van der Waals surface area (Å²) < 4.78 is 48.0. The second-order valence-electron chi connectivity index (χ2n) is 9.70. The van der Waals surface area contributed by atoms with Crippen molar-refractivity contribution in [2.24, 2.45) is 7.05 Å². The van der Waals surface area contributed by atoms with Crippen molar-refractivity contribution in [3.8, 4) is 5.82 Å². The zero-order chi connectivity index (χ0) is 29.5. The lowest BCUT2D eigenvalue weighted by Gasteiger charge is -2.35. The van der Waals surface area contributed by atoms with Gasteiger partial charge in [-0.25, -0.2) is 19.3 Å². The van der Waals surface area contributed by atoms with Crippen LogP contribution < -0.4 is 10.9 Å². The van der Waals surface area contributed by atoms with Crippen LogP contribution in [0, 0.1) is 0 Å². The van der Waals surface area contributed by atoms with E-state index in [4.69, 9.17) is 16.3 Å². The fraction of sp³-hybridized carbons (Fsp3) is 0.423. The number of imidazole rings is 1. The minimum atomic E-state index is -4.73. The first kappa shape index (κ1) is 29.1. The van der Waals surface area contributed by atoms with Crippen LogP contribution in [0.2, 0.25) is 5.02 Å². The van der Waals surface area contributed by atoms with Crippen LogP contribution in [0.1, 0.15) is 65.5 Å². The smallest absolute Gasteiger partial charge is 0.417 e. The summed E-state index contributed by atoms with van der Waals surface area (Å²) in [6.07, 6.45) is -3.25. The number of benzene rings is 1. The molecule has 1 aromatic carbocycles. The first-order valence-corrected chi connectivity index (χ1v) is 12.9. The van der Waals surface area contributed by atoms with Gasteiger partial charge in [-0.1, -0.05) is 11.6 Å². The Kier molecular flexibility index (Phi) is 7.97. The highest BCUT2D eigenvalue weighted by atomic mass is 35.5. The van der Waals surface area contributed by atoms with E-state index in [1.54, 1.807) is 20.9 Å². The summed E-state index contributed by atoms with van der Waals surface area (Å²) in [5.74, 6) is -0.852. The molecule has 1 aliphatic heterocycles. The van der Waals surface area contributed by atoms with E-state index in [1.165, 1.54) is 26.3 Å². The molecule has 0 fully saturated rings. The Balaban J connectivity index is 1.77. The van der Waals surface area contributed by atoms with Crippen molar-refractivity contribution in [2.45, 2.75) is 58.9 Å². The normalized spacial score (nSPS) is 15.2. The molecule has 2 aromatic heterocycles. The predicted molar refractivity (Wildman–Crippen MR) is 141 cm³/mol. The van der Waals surface area contributed by atoms with Crippen molar-refractivity contribution in [3.63, 3.8) is 0 Å². The Morgan fingerprint density at radius 2 is 1.98 bits per heavy atom. The lowest BCUT2D eigenvalue weighted by molar-refractivity contribution is -0.137. The Hall–Kier alpha value is -3.87. The van der Waals surface area contributed by atoms with E-state index < -0.39 is 40.2 Å². The summed E-state index contributed by atoms with van der Waals surface area (Å²) in [6.45, 7) is 7.12. The second-order valence-corrected chi connectivity index (χ2v) is 10.1. The molecule has 214 valence electrons. The van der Waals surface area contributed by atoms with E-state index in [1.807, 2.05) is 13.8 Å². The van der Waals surface area contributed by atoms with Crippen molar-refractivity contribution in [2.75, 3.05) is 11.9 Å². The molecule has 0 spiro atoms. The molecule has 0 unspecified atom stereocenters. The van der Waals surface area contributed by atoms with Crippen LogP contribution in [0.5, 0.6) is 0 Å². The molecule has 0 saturated carbocycles. The maximum absolute atomic E-state index is 13.8. The number of carbonyl (C=O) groups is 2. The van der Waals surface area contributed by atoms with E-state index in [0.29, 0.717) is 11.3 Å². The number of esters is 1. The molecular weight excluding hydrogens is 553 g/mol. The fourth-order valence-corrected chi connectivity index (χ4v) is 4.76. The molecule has 0 bridgehead atoms. The van der Waals surface area contributed by atoms with Crippen LogP contribution in [0.3, 0.4) is 0 Å². The van der Waals surface area contributed by atoms with Crippen molar-refractivity contribution < 1.29 is 27.5 Å². The van der Waals surface area contributed by atoms with Crippen LogP contribution in [-0.4, -0.2) is 54.6 Å². The first-order valence-electron chi connectivity index (χ1n) is 12.5. The van der Waals surface area contributed by atoms with Crippen molar-refractivity contribution in [3.05, 3.63) is 68.0 Å². The Labute approximate surface area is 232 Å². The Morgan fingerprint density at radius 1 is 1.27 bits per heavy atom. The van der Waals surface area contributed by atoms with Gasteiger partial charge in [-0.3, -0.25) is 9.59 Å². The highest BCUT2D eigenvalue weighted by Crippen LogP contribution is 2.36. The molecule has 4 rings (SSSR count). The molecule has 1 atom stereocenters. The van der Waals surface area contributed by atoms with Gasteiger partial charge in [0.05, 0.1) is 35.6 Å². The molecule has 3 aromatic rings. The summed E-state index contributed by atoms with van der Waals surface area (Å²) in [7, 11) is 1.57. The summed E-state index contributed by atoms with van der Waals surface area (Å²) in [5.41, 5.74) is -1.04. The SMILES string of the molecule is CCOC(=O)c1ncc(-n2c(NC(C)C)nc3c(c2=O)C[C@@H](C)N(C(=O)c2ccc(Cl)c(C(F)(F)F)c2)C3)n1C. The topological polar surface area (TPSA) is 111 Å². The minimum Gasteiger partial charge on any atom is -0.460 e. The molecule has 0 saturated heterocycles. The zero-order valence-corrected chi connectivity index (χ0v) is 23.2. The highest BCUT2D eigenvalue weighted by molar-refractivity contribution is 6.31. The molecular formula is C26H28ClF3N6O4. The van der Waals surface area contributed by atoms with Crippen molar-refractivity contribution in [1.29, 1.82) is 0 Å². The third kappa shape index (κ3) is 5.42. The summed E-state index contributed by atoms with van der Waals surface area (Å²) in [5, 5.41) is 2.62. The van der Waals surface area contributed by atoms with E-state index in [-0.39, 0.29) is 48.8 Å². The van der Waals surface area contributed by atoms with Crippen LogP contribution in [0.25, 0.3) is 5.82 Å². The first-order chi connectivity index (χ1) is 18.7. The fourth-order valence-electron chi connectivity index (χ4n) is 4.53. The van der Waals surface area contributed by atoms with Crippen LogP contribution in [0.4, 0.5) is 19.1 Å². The molecule has 3 heterocycles. The average molecular weight is 581 g/mol. The van der Waals surface area contributed by atoms with Crippen LogP contribution >= 0.6 is 11.6 Å². The van der Waals surface area contributed by atoms with Gasteiger partial charge in [-0.05, 0) is 52.3 Å². The number of hydrogen-bond donors (Lipinski definition) is 1. The van der Waals surface area contributed by atoms with Gasteiger partial charge in [0, 0.05) is 30.3 Å². The molecule has 40 heavy (non-hydrogen) atoms. The van der Waals surface area contributed by atoms with E-state index in [0.717, 1.165) is 12.1 Å².